The fourth-order valence-corrected chi connectivity index (χ4v) is 5.68. The highest BCUT2D eigenvalue weighted by Gasteiger charge is 2.17. The van der Waals surface area contributed by atoms with E-state index in [-0.39, 0.29) is 18.2 Å². The van der Waals surface area contributed by atoms with Gasteiger partial charge in [-0.1, -0.05) is 106 Å². The molecule has 1 heterocycles. The van der Waals surface area contributed by atoms with Gasteiger partial charge in [-0.3, -0.25) is 9.59 Å². The Balaban J connectivity index is 1.53. The van der Waals surface area contributed by atoms with Gasteiger partial charge in [0.25, 0.3) is 0 Å². The van der Waals surface area contributed by atoms with Gasteiger partial charge in [0.2, 0.25) is 16.9 Å². The molecule has 0 atom stereocenters. The van der Waals surface area contributed by atoms with E-state index in [9.17, 15) is 9.59 Å². The number of amides is 2. The molecule has 9 heteroatoms. The Kier molecular flexibility index (Phi) is 15.0. The third kappa shape index (κ3) is 12.0. The first-order valence-corrected chi connectivity index (χ1v) is 16.4. The van der Waals surface area contributed by atoms with Gasteiger partial charge in [0.15, 0.2) is 11.5 Å². The molecule has 0 spiro atoms. The van der Waals surface area contributed by atoms with Crippen LogP contribution in [0.25, 0.3) is 10.6 Å². The van der Waals surface area contributed by atoms with E-state index >= 15 is 0 Å². The fourth-order valence-electron chi connectivity index (χ4n) is 4.91. The van der Waals surface area contributed by atoms with E-state index in [0.717, 1.165) is 29.0 Å². The van der Waals surface area contributed by atoms with Crippen molar-refractivity contribution in [3.8, 4) is 22.1 Å². The quantitative estimate of drug-likeness (QED) is 0.131. The molecule has 0 aliphatic carbocycles. The number of benzene rings is 2. The first kappa shape index (κ1) is 34.0. The van der Waals surface area contributed by atoms with Gasteiger partial charge in [-0.15, -0.1) is 10.2 Å². The number of aryl methyl sites for hydroxylation is 1. The maximum Gasteiger partial charge on any atom is 0.227 e. The first-order chi connectivity index (χ1) is 20.9. The number of carbonyl (C=O) groups is 2. The van der Waals surface area contributed by atoms with E-state index in [1.54, 1.807) is 14.2 Å². The summed E-state index contributed by atoms with van der Waals surface area (Å²) in [5.41, 5.74) is 3.18. The summed E-state index contributed by atoms with van der Waals surface area (Å²) in [6.45, 7) is 5.14. The normalized spacial score (nSPS) is 10.9. The molecule has 2 amide bonds. The van der Waals surface area contributed by atoms with Crippen LogP contribution >= 0.6 is 11.3 Å². The lowest BCUT2D eigenvalue weighted by Gasteiger charge is -2.23. The molecule has 1 N–H and O–H groups in total. The minimum absolute atomic E-state index is 0.0915. The summed E-state index contributed by atoms with van der Waals surface area (Å²) in [4.78, 5) is 27.9. The van der Waals surface area contributed by atoms with Crippen molar-refractivity contribution >= 4 is 28.3 Å². The second-order valence-electron chi connectivity index (χ2n) is 11.0. The predicted octanol–water partition coefficient (Wildman–Crippen LogP) is 7.85. The van der Waals surface area contributed by atoms with Crippen LogP contribution in [0.3, 0.4) is 0 Å². The number of unbranched alkanes of at least 4 members (excludes halogenated alkanes) is 8. The number of carbonyl (C=O) groups excluding carboxylic acids is 2. The lowest BCUT2D eigenvalue weighted by molar-refractivity contribution is -0.131. The van der Waals surface area contributed by atoms with Gasteiger partial charge in [-0.25, -0.2) is 0 Å². The van der Waals surface area contributed by atoms with Crippen LogP contribution in [0, 0.1) is 6.92 Å². The molecule has 234 valence electrons. The molecule has 0 saturated carbocycles. The molecule has 0 saturated heterocycles. The molecule has 43 heavy (non-hydrogen) atoms. The number of hydrogen-bond donors (Lipinski definition) is 1. The number of anilines is 1. The van der Waals surface area contributed by atoms with Crippen molar-refractivity contribution in [3.05, 3.63) is 53.6 Å². The topological polar surface area (TPSA) is 93.7 Å². The van der Waals surface area contributed by atoms with Crippen LogP contribution in [-0.4, -0.2) is 54.2 Å². The molecule has 0 unspecified atom stereocenters. The van der Waals surface area contributed by atoms with Crippen LogP contribution in [-0.2, 0) is 16.0 Å². The van der Waals surface area contributed by atoms with Gasteiger partial charge in [0, 0.05) is 31.5 Å². The third-order valence-electron chi connectivity index (χ3n) is 7.54. The molecule has 8 nitrogen and oxygen atoms in total. The summed E-state index contributed by atoms with van der Waals surface area (Å²) in [6, 6.07) is 13.8. The average Bonchev–Trinajstić information content (AvgIpc) is 3.48. The van der Waals surface area contributed by atoms with E-state index in [1.807, 2.05) is 54.3 Å². The number of nitrogens with zero attached hydrogens (tertiary/aromatic N) is 3. The van der Waals surface area contributed by atoms with Crippen molar-refractivity contribution in [2.24, 2.45) is 0 Å². The van der Waals surface area contributed by atoms with Crippen molar-refractivity contribution in [3.63, 3.8) is 0 Å². The van der Waals surface area contributed by atoms with Crippen molar-refractivity contribution in [2.45, 2.75) is 90.9 Å². The molecule has 0 radical (unpaired) electrons. The van der Waals surface area contributed by atoms with Crippen LogP contribution < -0.4 is 14.8 Å². The Morgan fingerprint density at radius 2 is 1.49 bits per heavy atom. The zero-order valence-corrected chi connectivity index (χ0v) is 27.1. The molecule has 3 aromatic rings. The Bertz CT molecular complexity index is 1260. The van der Waals surface area contributed by atoms with Crippen LogP contribution in [0.1, 0.15) is 88.7 Å². The standard InChI is InChI=1S/C34H48N4O4S/c1-5-6-7-8-9-10-11-12-13-14-32(40)38(23-21-27-17-20-29(41-3)30(25-27)42-4)24-22-31(39)35-34-37-36-33(43-34)28-18-15-26(2)16-19-28/h15-20,25H,5-14,21-24H2,1-4H3,(H,35,37,39). The van der Waals surface area contributed by atoms with E-state index in [0.29, 0.717) is 42.6 Å². The Hall–Kier alpha value is -3.46. The molecule has 3 rings (SSSR count). The maximum atomic E-state index is 13.3. The number of aromatic nitrogens is 2. The number of methoxy groups -OCH3 is 2. The van der Waals surface area contributed by atoms with E-state index < -0.39 is 0 Å². The van der Waals surface area contributed by atoms with Gasteiger partial charge in [0.05, 0.1) is 14.2 Å². The molecule has 0 bridgehead atoms. The Morgan fingerprint density at radius 1 is 0.814 bits per heavy atom. The number of nitrogens with one attached hydrogen (secondary N) is 1. The highest BCUT2D eigenvalue weighted by Crippen LogP contribution is 2.28. The van der Waals surface area contributed by atoms with Crippen LogP contribution in [0.4, 0.5) is 5.13 Å². The highest BCUT2D eigenvalue weighted by molar-refractivity contribution is 7.18. The van der Waals surface area contributed by atoms with E-state index in [4.69, 9.17) is 9.47 Å². The molecular weight excluding hydrogens is 560 g/mol. The summed E-state index contributed by atoms with van der Waals surface area (Å²) < 4.78 is 10.8. The highest BCUT2D eigenvalue weighted by atomic mass is 32.1. The lowest BCUT2D eigenvalue weighted by Crippen LogP contribution is -2.35. The summed E-state index contributed by atoms with van der Waals surface area (Å²) in [7, 11) is 3.23. The zero-order chi connectivity index (χ0) is 30.9. The third-order valence-corrected chi connectivity index (χ3v) is 8.43. The largest absolute Gasteiger partial charge is 0.493 e. The second-order valence-corrected chi connectivity index (χ2v) is 12.0. The van der Waals surface area contributed by atoms with Crippen LogP contribution in [0.5, 0.6) is 11.5 Å². The summed E-state index contributed by atoms with van der Waals surface area (Å²) in [5, 5.41) is 12.4. The molecule has 2 aromatic carbocycles. The van der Waals surface area contributed by atoms with Gasteiger partial charge >= 0.3 is 0 Å². The summed E-state index contributed by atoms with van der Waals surface area (Å²) in [6.07, 6.45) is 12.2. The van der Waals surface area contributed by atoms with E-state index in [1.165, 1.54) is 61.8 Å². The zero-order valence-electron chi connectivity index (χ0n) is 26.3. The average molecular weight is 609 g/mol. The number of rotatable bonds is 20. The van der Waals surface area contributed by atoms with Crippen molar-refractivity contribution in [1.29, 1.82) is 0 Å². The first-order valence-electron chi connectivity index (χ1n) is 15.6. The van der Waals surface area contributed by atoms with Gasteiger partial charge in [-0.05, 0) is 37.5 Å². The van der Waals surface area contributed by atoms with Gasteiger partial charge < -0.3 is 19.7 Å². The lowest BCUT2D eigenvalue weighted by atomic mass is 10.1. The van der Waals surface area contributed by atoms with E-state index in [2.05, 4.69) is 22.4 Å². The van der Waals surface area contributed by atoms with Crippen LogP contribution in [0.2, 0.25) is 0 Å². The summed E-state index contributed by atoms with van der Waals surface area (Å²) in [5.74, 6) is 1.24. The monoisotopic (exact) mass is 608 g/mol. The van der Waals surface area contributed by atoms with Gasteiger partial charge in [-0.2, -0.15) is 0 Å². The SMILES string of the molecule is CCCCCCCCCCCC(=O)N(CCC(=O)Nc1nnc(-c2ccc(C)cc2)s1)CCc1ccc(OC)c(OC)c1. The minimum atomic E-state index is -0.182. The van der Waals surface area contributed by atoms with Crippen molar-refractivity contribution in [2.75, 3.05) is 32.6 Å². The molecule has 0 aliphatic rings. The Labute approximate surface area is 261 Å². The molecule has 0 aliphatic heterocycles. The van der Waals surface area contributed by atoms with Crippen molar-refractivity contribution in [1.82, 2.24) is 15.1 Å². The molecule has 1 aromatic heterocycles. The predicted molar refractivity (Wildman–Crippen MR) is 175 cm³/mol. The minimum Gasteiger partial charge on any atom is -0.493 e. The fraction of sp³-hybridized carbons (Fsp3) is 0.529. The van der Waals surface area contributed by atoms with Crippen LogP contribution in [0.15, 0.2) is 42.5 Å². The van der Waals surface area contributed by atoms with Gasteiger partial charge in [0.1, 0.15) is 5.01 Å². The molecular formula is C34H48N4O4S. The Morgan fingerprint density at radius 3 is 2.16 bits per heavy atom. The van der Waals surface area contributed by atoms with Crippen molar-refractivity contribution < 1.29 is 19.1 Å². The summed E-state index contributed by atoms with van der Waals surface area (Å²) >= 11 is 1.34. The second kappa shape index (κ2) is 18.9. The number of ether oxygens (including phenoxy) is 2. The smallest absolute Gasteiger partial charge is 0.227 e. The molecule has 0 fully saturated rings. The number of hydrogen-bond acceptors (Lipinski definition) is 7. The maximum absolute atomic E-state index is 13.3.